The number of rotatable bonds is 6. The van der Waals surface area contributed by atoms with Crippen molar-refractivity contribution >= 4 is 0 Å². The molecule has 2 aromatic rings. The molecule has 1 N–H and O–H groups in total. The summed E-state index contributed by atoms with van der Waals surface area (Å²) in [5.74, 6) is 1.89. The van der Waals surface area contributed by atoms with Crippen LogP contribution in [0.4, 0.5) is 0 Å². The van der Waals surface area contributed by atoms with Crippen LogP contribution in [0.25, 0.3) is 5.82 Å². The highest BCUT2D eigenvalue weighted by atomic mass is 15.1. The van der Waals surface area contributed by atoms with Gasteiger partial charge in [-0.2, -0.15) is 0 Å². The van der Waals surface area contributed by atoms with E-state index in [0.717, 1.165) is 36.7 Å². The lowest BCUT2D eigenvalue weighted by Crippen LogP contribution is -2.16. The molecule has 0 aromatic carbocycles. The van der Waals surface area contributed by atoms with E-state index in [1.165, 1.54) is 12.8 Å². The van der Waals surface area contributed by atoms with Gasteiger partial charge in [-0.05, 0) is 19.3 Å². The molecule has 0 atom stereocenters. The molecule has 0 bridgehead atoms. The minimum Gasteiger partial charge on any atom is -0.308 e. The van der Waals surface area contributed by atoms with Crippen molar-refractivity contribution in [3.8, 4) is 5.82 Å². The van der Waals surface area contributed by atoms with Crippen LogP contribution in [0.5, 0.6) is 0 Å². The van der Waals surface area contributed by atoms with E-state index in [1.807, 2.05) is 29.4 Å². The summed E-state index contributed by atoms with van der Waals surface area (Å²) in [5.41, 5.74) is 0.993. The van der Waals surface area contributed by atoms with Crippen LogP contribution >= 0.6 is 0 Å². The van der Waals surface area contributed by atoms with Gasteiger partial charge in [-0.25, -0.2) is 9.97 Å². The Labute approximate surface area is 113 Å². The second kappa shape index (κ2) is 5.48. The highest BCUT2D eigenvalue weighted by Crippen LogP contribution is 2.19. The summed E-state index contributed by atoms with van der Waals surface area (Å²) >= 11 is 0. The van der Waals surface area contributed by atoms with Gasteiger partial charge in [-0.15, -0.1) is 0 Å². The van der Waals surface area contributed by atoms with Crippen LogP contribution in [0.15, 0.2) is 24.8 Å². The molecule has 5 nitrogen and oxygen atoms in total. The van der Waals surface area contributed by atoms with Crippen molar-refractivity contribution in [2.45, 2.75) is 45.2 Å². The first kappa shape index (κ1) is 12.3. The molecular formula is C14H19N5. The largest absolute Gasteiger partial charge is 0.308 e. The van der Waals surface area contributed by atoms with E-state index in [1.54, 1.807) is 0 Å². The minimum atomic E-state index is 0.700. The summed E-state index contributed by atoms with van der Waals surface area (Å²) in [6.45, 7) is 2.96. The monoisotopic (exact) mass is 257 g/mol. The van der Waals surface area contributed by atoms with Crippen molar-refractivity contribution in [2.75, 3.05) is 0 Å². The van der Waals surface area contributed by atoms with Gasteiger partial charge >= 0.3 is 0 Å². The van der Waals surface area contributed by atoms with Gasteiger partial charge in [0.25, 0.3) is 0 Å². The Balaban J connectivity index is 1.71. The van der Waals surface area contributed by atoms with Crippen molar-refractivity contribution in [2.24, 2.45) is 0 Å². The van der Waals surface area contributed by atoms with E-state index in [2.05, 4.69) is 27.2 Å². The minimum absolute atomic E-state index is 0.700. The van der Waals surface area contributed by atoms with Crippen LogP contribution in [0.3, 0.4) is 0 Å². The molecule has 0 saturated heterocycles. The summed E-state index contributed by atoms with van der Waals surface area (Å²) in [6, 6.07) is 0.700. The third-order valence-corrected chi connectivity index (χ3v) is 3.28. The Morgan fingerprint density at radius 3 is 2.84 bits per heavy atom. The lowest BCUT2D eigenvalue weighted by Gasteiger charge is -2.07. The molecule has 1 aliphatic rings. The fourth-order valence-electron chi connectivity index (χ4n) is 2.05. The van der Waals surface area contributed by atoms with Crippen molar-refractivity contribution in [3.63, 3.8) is 0 Å². The van der Waals surface area contributed by atoms with E-state index in [9.17, 15) is 0 Å². The van der Waals surface area contributed by atoms with Gasteiger partial charge < -0.3 is 5.32 Å². The summed E-state index contributed by atoms with van der Waals surface area (Å²) in [7, 11) is 0. The Bertz CT molecular complexity index is 527. The molecule has 3 rings (SSSR count). The van der Waals surface area contributed by atoms with Crippen molar-refractivity contribution in [1.29, 1.82) is 0 Å². The number of hydrogen-bond acceptors (Lipinski definition) is 4. The molecule has 0 spiro atoms. The molecule has 100 valence electrons. The summed E-state index contributed by atoms with van der Waals surface area (Å²) in [6.07, 6.45) is 12.0. The first-order valence-corrected chi connectivity index (χ1v) is 6.93. The van der Waals surface area contributed by atoms with Gasteiger partial charge in [0, 0.05) is 31.4 Å². The zero-order valence-corrected chi connectivity index (χ0v) is 11.2. The topological polar surface area (TPSA) is 55.6 Å². The maximum atomic E-state index is 4.48. The average Bonchev–Trinajstić information content (AvgIpc) is 3.16. The van der Waals surface area contributed by atoms with Gasteiger partial charge in [-0.1, -0.05) is 6.92 Å². The van der Waals surface area contributed by atoms with Crippen LogP contribution < -0.4 is 5.32 Å². The first-order chi connectivity index (χ1) is 9.36. The smallest absolute Gasteiger partial charge is 0.156 e. The van der Waals surface area contributed by atoms with Gasteiger partial charge in [-0.3, -0.25) is 9.55 Å². The maximum absolute atomic E-state index is 4.48. The SMILES string of the molecule is CCCc1nccn1-c1cnc(CNC2CC2)cn1. The molecule has 0 radical (unpaired) electrons. The molecule has 19 heavy (non-hydrogen) atoms. The molecule has 2 aromatic heterocycles. The van der Waals surface area contributed by atoms with Crippen LogP contribution in [-0.4, -0.2) is 25.6 Å². The third kappa shape index (κ3) is 2.98. The Morgan fingerprint density at radius 1 is 1.26 bits per heavy atom. The number of hydrogen-bond donors (Lipinski definition) is 1. The lowest BCUT2D eigenvalue weighted by molar-refractivity contribution is 0.670. The van der Waals surface area contributed by atoms with E-state index < -0.39 is 0 Å². The number of aromatic nitrogens is 4. The predicted octanol–water partition coefficient (Wildman–Crippen LogP) is 1.87. The van der Waals surface area contributed by atoms with Gasteiger partial charge in [0.1, 0.15) is 5.82 Å². The first-order valence-electron chi connectivity index (χ1n) is 6.93. The second-order valence-corrected chi connectivity index (χ2v) is 4.98. The van der Waals surface area contributed by atoms with E-state index >= 15 is 0 Å². The molecular weight excluding hydrogens is 238 g/mol. The molecule has 0 unspecified atom stereocenters. The zero-order valence-electron chi connectivity index (χ0n) is 11.2. The number of imidazole rings is 1. The summed E-state index contributed by atoms with van der Waals surface area (Å²) in [4.78, 5) is 13.3. The van der Waals surface area contributed by atoms with Crippen LogP contribution in [-0.2, 0) is 13.0 Å². The summed E-state index contributed by atoms with van der Waals surface area (Å²) < 4.78 is 2.01. The zero-order chi connectivity index (χ0) is 13.1. The van der Waals surface area contributed by atoms with Gasteiger partial charge in [0.2, 0.25) is 0 Å². The van der Waals surface area contributed by atoms with Crippen molar-refractivity contribution < 1.29 is 0 Å². The average molecular weight is 257 g/mol. The molecule has 1 fully saturated rings. The van der Waals surface area contributed by atoms with Gasteiger partial charge in [0.15, 0.2) is 5.82 Å². The fraction of sp³-hybridized carbons (Fsp3) is 0.500. The normalized spacial score (nSPS) is 14.8. The Kier molecular flexibility index (Phi) is 3.55. The van der Waals surface area contributed by atoms with Crippen molar-refractivity contribution in [1.82, 2.24) is 24.8 Å². The maximum Gasteiger partial charge on any atom is 0.156 e. The highest BCUT2D eigenvalue weighted by molar-refractivity contribution is 5.22. The number of aryl methyl sites for hydroxylation is 1. The molecule has 1 saturated carbocycles. The van der Waals surface area contributed by atoms with E-state index in [0.29, 0.717) is 6.04 Å². The number of nitrogens with one attached hydrogen (secondary N) is 1. The standard InChI is InChI=1S/C14H19N5/c1-2-3-13-15-6-7-19(13)14-10-17-12(9-18-14)8-16-11-4-5-11/h6-7,9-11,16H,2-5,8H2,1H3. The molecule has 2 heterocycles. The highest BCUT2D eigenvalue weighted by Gasteiger charge is 2.20. The quantitative estimate of drug-likeness (QED) is 0.858. The number of nitrogens with zero attached hydrogens (tertiary/aromatic N) is 4. The molecule has 0 aliphatic heterocycles. The van der Waals surface area contributed by atoms with Crippen LogP contribution in [0.2, 0.25) is 0 Å². The Hall–Kier alpha value is -1.75. The van der Waals surface area contributed by atoms with E-state index in [4.69, 9.17) is 0 Å². The van der Waals surface area contributed by atoms with Crippen LogP contribution in [0.1, 0.15) is 37.7 Å². The predicted molar refractivity (Wildman–Crippen MR) is 73.0 cm³/mol. The fourth-order valence-corrected chi connectivity index (χ4v) is 2.05. The van der Waals surface area contributed by atoms with Crippen LogP contribution in [0, 0.1) is 0 Å². The second-order valence-electron chi connectivity index (χ2n) is 4.98. The van der Waals surface area contributed by atoms with Crippen molar-refractivity contribution in [3.05, 3.63) is 36.3 Å². The van der Waals surface area contributed by atoms with E-state index in [-0.39, 0.29) is 0 Å². The Morgan fingerprint density at radius 2 is 2.16 bits per heavy atom. The molecule has 0 amide bonds. The third-order valence-electron chi connectivity index (χ3n) is 3.28. The molecule has 1 aliphatic carbocycles. The summed E-state index contributed by atoms with van der Waals surface area (Å²) in [5, 5.41) is 3.44. The van der Waals surface area contributed by atoms with Gasteiger partial charge in [0.05, 0.1) is 18.1 Å². The molecule has 5 heteroatoms. The lowest BCUT2D eigenvalue weighted by atomic mass is 10.3.